The molecule has 4 nitrogen and oxygen atoms in total. The Morgan fingerprint density at radius 3 is 2.89 bits per heavy atom. The van der Waals surface area contributed by atoms with E-state index in [2.05, 4.69) is 10.6 Å². The maximum absolute atomic E-state index is 11.5. The van der Waals surface area contributed by atoms with Gasteiger partial charge in [0.1, 0.15) is 0 Å². The highest BCUT2D eigenvalue weighted by Gasteiger charge is 2.37. The summed E-state index contributed by atoms with van der Waals surface area (Å²) in [5.41, 5.74) is -0.177. The molecular formula is C13H26N2O2S. The zero-order valence-electron chi connectivity index (χ0n) is 11.4. The zero-order valence-corrected chi connectivity index (χ0v) is 12.2. The summed E-state index contributed by atoms with van der Waals surface area (Å²) in [4.78, 5) is 0. The maximum atomic E-state index is 11.5. The van der Waals surface area contributed by atoms with Crippen LogP contribution in [-0.2, 0) is 9.84 Å². The molecule has 2 aliphatic rings. The number of piperidine rings is 1. The Kier molecular flexibility index (Phi) is 4.67. The van der Waals surface area contributed by atoms with Crippen molar-refractivity contribution in [2.24, 2.45) is 5.92 Å². The lowest BCUT2D eigenvalue weighted by Gasteiger charge is -2.26. The highest BCUT2D eigenvalue weighted by molar-refractivity contribution is 7.91. The van der Waals surface area contributed by atoms with E-state index >= 15 is 0 Å². The summed E-state index contributed by atoms with van der Waals surface area (Å²) in [6.07, 6.45) is 5.82. The van der Waals surface area contributed by atoms with Gasteiger partial charge in [0.05, 0.1) is 11.5 Å². The van der Waals surface area contributed by atoms with E-state index in [1.807, 2.05) is 6.92 Å². The predicted molar refractivity (Wildman–Crippen MR) is 74.5 cm³/mol. The third-order valence-corrected chi connectivity index (χ3v) is 6.15. The molecule has 2 saturated heterocycles. The van der Waals surface area contributed by atoms with Crippen LogP contribution in [0.5, 0.6) is 0 Å². The molecule has 2 atom stereocenters. The van der Waals surface area contributed by atoms with Crippen molar-refractivity contribution in [3.8, 4) is 0 Å². The largest absolute Gasteiger partial charge is 0.316 e. The highest BCUT2D eigenvalue weighted by Crippen LogP contribution is 2.23. The molecule has 2 rings (SSSR count). The van der Waals surface area contributed by atoms with E-state index in [4.69, 9.17) is 0 Å². The molecule has 2 N–H and O–H groups in total. The van der Waals surface area contributed by atoms with Gasteiger partial charge in [-0.25, -0.2) is 8.42 Å². The van der Waals surface area contributed by atoms with E-state index in [0.29, 0.717) is 11.5 Å². The van der Waals surface area contributed by atoms with Crippen molar-refractivity contribution in [1.29, 1.82) is 0 Å². The molecule has 0 aromatic rings. The standard InChI is InChI=1S/C13H26N2O2S/c1-13(6-9-18(16,17)11-13)15-8-3-5-12-4-2-7-14-10-12/h12,14-15H,2-11H2,1H3. The fourth-order valence-corrected chi connectivity index (χ4v) is 5.22. The summed E-state index contributed by atoms with van der Waals surface area (Å²) in [6.45, 7) is 5.32. The second-order valence-electron chi connectivity index (χ2n) is 6.18. The quantitative estimate of drug-likeness (QED) is 0.732. The van der Waals surface area contributed by atoms with E-state index in [9.17, 15) is 8.42 Å². The Hall–Kier alpha value is -0.130. The molecule has 2 aliphatic heterocycles. The fourth-order valence-electron chi connectivity index (χ4n) is 3.10. The van der Waals surface area contributed by atoms with Gasteiger partial charge in [-0.1, -0.05) is 0 Å². The Balaban J connectivity index is 1.63. The van der Waals surface area contributed by atoms with E-state index < -0.39 is 9.84 Å². The summed E-state index contributed by atoms with van der Waals surface area (Å²) >= 11 is 0. The third kappa shape index (κ3) is 4.21. The molecular weight excluding hydrogens is 248 g/mol. The highest BCUT2D eigenvalue weighted by atomic mass is 32.2. The number of nitrogens with one attached hydrogen (secondary N) is 2. The van der Waals surface area contributed by atoms with Crippen molar-refractivity contribution >= 4 is 9.84 Å². The lowest BCUT2D eigenvalue weighted by atomic mass is 9.94. The van der Waals surface area contributed by atoms with Crippen LogP contribution in [0.1, 0.15) is 39.0 Å². The molecule has 18 heavy (non-hydrogen) atoms. The maximum Gasteiger partial charge on any atom is 0.152 e. The number of hydrogen-bond donors (Lipinski definition) is 2. The molecule has 0 bridgehead atoms. The summed E-state index contributed by atoms with van der Waals surface area (Å²) in [5.74, 6) is 1.48. The van der Waals surface area contributed by atoms with Gasteiger partial charge in [0, 0.05) is 5.54 Å². The van der Waals surface area contributed by atoms with Crippen molar-refractivity contribution in [2.45, 2.75) is 44.6 Å². The molecule has 0 aromatic heterocycles. The number of hydrogen-bond acceptors (Lipinski definition) is 4. The first kappa shape index (κ1) is 14.3. The van der Waals surface area contributed by atoms with Crippen molar-refractivity contribution < 1.29 is 8.42 Å². The van der Waals surface area contributed by atoms with E-state index in [-0.39, 0.29) is 5.54 Å². The molecule has 106 valence electrons. The first-order valence-electron chi connectivity index (χ1n) is 7.15. The van der Waals surface area contributed by atoms with Crippen LogP contribution in [0.4, 0.5) is 0 Å². The average molecular weight is 274 g/mol. The van der Waals surface area contributed by atoms with Gasteiger partial charge in [-0.3, -0.25) is 0 Å². The zero-order chi connectivity index (χ0) is 13.1. The van der Waals surface area contributed by atoms with Gasteiger partial charge in [0.15, 0.2) is 9.84 Å². The molecule has 2 heterocycles. The minimum atomic E-state index is -2.78. The fraction of sp³-hybridized carbons (Fsp3) is 1.00. The number of rotatable bonds is 5. The summed E-state index contributed by atoms with van der Waals surface area (Å²) in [5, 5.41) is 6.89. The molecule has 0 aromatic carbocycles. The molecule has 0 aliphatic carbocycles. The predicted octanol–water partition coefficient (Wildman–Crippen LogP) is 0.933. The van der Waals surface area contributed by atoms with Gasteiger partial charge in [0.25, 0.3) is 0 Å². The van der Waals surface area contributed by atoms with E-state index in [1.165, 1.54) is 25.8 Å². The lowest BCUT2D eigenvalue weighted by Crippen LogP contribution is -2.44. The van der Waals surface area contributed by atoms with Gasteiger partial charge < -0.3 is 10.6 Å². The topological polar surface area (TPSA) is 58.2 Å². The second-order valence-corrected chi connectivity index (χ2v) is 8.37. The first-order chi connectivity index (χ1) is 8.49. The van der Waals surface area contributed by atoms with Crippen LogP contribution in [0.2, 0.25) is 0 Å². The van der Waals surface area contributed by atoms with Crippen LogP contribution < -0.4 is 10.6 Å². The Morgan fingerprint density at radius 1 is 1.44 bits per heavy atom. The van der Waals surface area contributed by atoms with Gasteiger partial charge in [-0.15, -0.1) is 0 Å². The normalized spacial score (nSPS) is 35.7. The van der Waals surface area contributed by atoms with Crippen molar-refractivity contribution in [3.05, 3.63) is 0 Å². The van der Waals surface area contributed by atoms with Crippen LogP contribution >= 0.6 is 0 Å². The van der Waals surface area contributed by atoms with E-state index in [1.54, 1.807) is 0 Å². The molecule has 2 fully saturated rings. The summed E-state index contributed by atoms with van der Waals surface area (Å²) in [7, 11) is -2.78. The van der Waals surface area contributed by atoms with Crippen molar-refractivity contribution in [2.75, 3.05) is 31.1 Å². The van der Waals surface area contributed by atoms with Crippen LogP contribution in [0.25, 0.3) is 0 Å². The van der Waals surface area contributed by atoms with Crippen LogP contribution in [-0.4, -0.2) is 45.1 Å². The van der Waals surface area contributed by atoms with Crippen molar-refractivity contribution in [3.63, 3.8) is 0 Å². The van der Waals surface area contributed by atoms with Gasteiger partial charge in [-0.2, -0.15) is 0 Å². The molecule has 5 heteroatoms. The molecule has 0 saturated carbocycles. The SMILES string of the molecule is CC1(NCCCC2CCCNC2)CCS(=O)(=O)C1. The Labute approximate surface area is 111 Å². The van der Waals surface area contributed by atoms with Crippen LogP contribution in [0.15, 0.2) is 0 Å². The molecule has 0 amide bonds. The summed E-state index contributed by atoms with van der Waals surface area (Å²) in [6, 6.07) is 0. The smallest absolute Gasteiger partial charge is 0.152 e. The first-order valence-corrected chi connectivity index (χ1v) is 8.97. The minimum Gasteiger partial charge on any atom is -0.316 e. The van der Waals surface area contributed by atoms with Crippen LogP contribution in [0.3, 0.4) is 0 Å². The van der Waals surface area contributed by atoms with Gasteiger partial charge in [-0.05, 0) is 64.6 Å². The summed E-state index contributed by atoms with van der Waals surface area (Å²) < 4.78 is 23.0. The Morgan fingerprint density at radius 2 is 2.28 bits per heavy atom. The molecule has 0 radical (unpaired) electrons. The van der Waals surface area contributed by atoms with E-state index in [0.717, 1.165) is 31.8 Å². The molecule has 2 unspecified atom stereocenters. The number of sulfone groups is 1. The van der Waals surface area contributed by atoms with Crippen molar-refractivity contribution in [1.82, 2.24) is 10.6 Å². The second kappa shape index (κ2) is 5.88. The third-order valence-electron chi connectivity index (χ3n) is 4.24. The van der Waals surface area contributed by atoms with Crippen LogP contribution in [0, 0.1) is 5.92 Å². The van der Waals surface area contributed by atoms with Gasteiger partial charge >= 0.3 is 0 Å². The van der Waals surface area contributed by atoms with Gasteiger partial charge in [0.2, 0.25) is 0 Å². The Bertz CT molecular complexity index is 363. The monoisotopic (exact) mass is 274 g/mol. The lowest BCUT2D eigenvalue weighted by molar-refractivity contribution is 0.332. The molecule has 0 spiro atoms. The minimum absolute atomic E-state index is 0.177. The average Bonchev–Trinajstić information content (AvgIpc) is 2.61.